The first-order chi connectivity index (χ1) is 20.9. The van der Waals surface area contributed by atoms with E-state index in [1.165, 1.54) is 0 Å². The lowest BCUT2D eigenvalue weighted by Crippen LogP contribution is -2.45. The van der Waals surface area contributed by atoms with Gasteiger partial charge >= 0.3 is 5.97 Å². The summed E-state index contributed by atoms with van der Waals surface area (Å²) in [6, 6.07) is 17.5. The van der Waals surface area contributed by atoms with Crippen molar-refractivity contribution in [3.05, 3.63) is 89.2 Å². The van der Waals surface area contributed by atoms with E-state index in [0.29, 0.717) is 26.1 Å². The van der Waals surface area contributed by atoms with Crippen LogP contribution in [0.2, 0.25) is 0 Å². The Balaban J connectivity index is 1.42. The van der Waals surface area contributed by atoms with Gasteiger partial charge in [-0.2, -0.15) is 0 Å². The van der Waals surface area contributed by atoms with Crippen molar-refractivity contribution < 1.29 is 29.1 Å². The minimum absolute atomic E-state index is 0.0116. The summed E-state index contributed by atoms with van der Waals surface area (Å²) in [7, 11) is 1.95. The number of aliphatic hydroxyl groups is 1. The summed E-state index contributed by atoms with van der Waals surface area (Å²) in [6.07, 6.45) is 8.73. The van der Waals surface area contributed by atoms with E-state index in [1.807, 2.05) is 77.4 Å². The van der Waals surface area contributed by atoms with Crippen molar-refractivity contribution in [1.82, 2.24) is 4.90 Å². The average Bonchev–Trinajstić information content (AvgIpc) is 3.62. The fourth-order valence-corrected chi connectivity index (χ4v) is 6.79. The van der Waals surface area contributed by atoms with E-state index in [1.54, 1.807) is 0 Å². The predicted molar refractivity (Wildman–Crippen MR) is 165 cm³/mol. The van der Waals surface area contributed by atoms with Gasteiger partial charge in [-0.05, 0) is 60.1 Å². The number of fused-ring (bicyclic) bond motifs is 1. The number of hydrogen-bond acceptors (Lipinski definition) is 5. The molecule has 228 valence electrons. The Morgan fingerprint density at radius 3 is 2.65 bits per heavy atom. The maximum Gasteiger partial charge on any atom is 0.308 e. The van der Waals surface area contributed by atoms with Gasteiger partial charge in [-0.15, -0.1) is 0 Å². The van der Waals surface area contributed by atoms with Crippen LogP contribution in [0, 0.1) is 5.92 Å². The number of likely N-dealkylation sites (tertiary alicyclic amines) is 1. The molecule has 2 aliphatic heterocycles. The van der Waals surface area contributed by atoms with Crippen molar-refractivity contribution >= 4 is 17.6 Å². The fraction of sp³-hybridized carbons (Fsp3) is 0.457. The molecule has 0 saturated carbocycles. The van der Waals surface area contributed by atoms with Gasteiger partial charge in [-0.3, -0.25) is 14.5 Å². The van der Waals surface area contributed by atoms with E-state index >= 15 is 0 Å². The summed E-state index contributed by atoms with van der Waals surface area (Å²) < 4.78 is 7.65. The van der Waals surface area contributed by atoms with Gasteiger partial charge in [0.05, 0.1) is 25.7 Å². The number of anilines is 1. The molecule has 1 fully saturated rings. The van der Waals surface area contributed by atoms with Crippen molar-refractivity contribution in [2.75, 3.05) is 31.1 Å². The molecule has 3 atom stereocenters. The lowest BCUT2D eigenvalue weighted by Gasteiger charge is -2.29. The van der Waals surface area contributed by atoms with Crippen molar-refractivity contribution in [3.63, 3.8) is 0 Å². The number of carbonyl (C=O) groups excluding carboxylic acids is 1. The number of carboxylic acid groups (broad SMARTS) is 1. The third-order valence-electron chi connectivity index (χ3n) is 9.02. The number of aliphatic carboxylic acids is 1. The van der Waals surface area contributed by atoms with Gasteiger partial charge in [-0.25, -0.2) is 4.57 Å². The molecule has 0 spiro atoms. The highest BCUT2D eigenvalue weighted by molar-refractivity contribution is 5.94. The number of aryl methyl sites for hydroxylation is 2. The molecule has 0 aliphatic carbocycles. The Labute approximate surface area is 254 Å². The highest BCUT2D eigenvalue weighted by Crippen LogP contribution is 2.41. The Kier molecular flexibility index (Phi) is 10.1. The number of nitrogens with zero attached hydrogens (tertiary/aromatic N) is 3. The van der Waals surface area contributed by atoms with E-state index in [-0.39, 0.29) is 31.0 Å². The molecule has 2 N–H and O–H groups in total. The van der Waals surface area contributed by atoms with Crippen molar-refractivity contribution in [2.24, 2.45) is 13.0 Å². The molecule has 3 heterocycles. The zero-order valence-corrected chi connectivity index (χ0v) is 25.3. The zero-order chi connectivity index (χ0) is 30.3. The standard InChI is InChI=1S/C35H43N3O5/c1-3-4-18-38(29-12-8-17-36(2)21-29)33(40)23-37-22-30(26-14-15-32-27(20-26)16-19-43-32)34(35(41)42)31(37)13-7-11-25-9-5-6-10-28(25)24-39/h5-6,8-10,12,14-15,17,20-21,30-31,34,39H,3-4,7,11,13,16,18-19,22-24H2,1-2H3/p+1/t30-,31+,34-/m1/s1. The number of pyridine rings is 1. The third kappa shape index (κ3) is 7.08. The molecule has 1 amide bonds. The number of unbranched alkanes of at least 4 members (excludes halogenated alkanes) is 1. The highest BCUT2D eigenvalue weighted by atomic mass is 16.5. The van der Waals surface area contributed by atoms with E-state index in [9.17, 15) is 19.8 Å². The molecule has 0 bridgehead atoms. The maximum atomic E-state index is 14.0. The topological polar surface area (TPSA) is 94.2 Å². The maximum absolute atomic E-state index is 14.0. The van der Waals surface area contributed by atoms with E-state index < -0.39 is 11.9 Å². The number of ether oxygens (including phenoxy) is 1. The van der Waals surface area contributed by atoms with Gasteiger partial charge in [0, 0.05) is 37.5 Å². The summed E-state index contributed by atoms with van der Waals surface area (Å²) >= 11 is 0. The molecule has 1 aromatic heterocycles. The molecule has 43 heavy (non-hydrogen) atoms. The summed E-state index contributed by atoms with van der Waals surface area (Å²) in [6.45, 7) is 4.02. The molecular weight excluding hydrogens is 542 g/mol. The van der Waals surface area contributed by atoms with E-state index in [0.717, 1.165) is 65.8 Å². The van der Waals surface area contributed by atoms with E-state index in [2.05, 4.69) is 17.9 Å². The second-order valence-corrected chi connectivity index (χ2v) is 11.9. The second kappa shape index (κ2) is 14.1. The Morgan fingerprint density at radius 2 is 1.91 bits per heavy atom. The third-order valence-corrected chi connectivity index (χ3v) is 9.02. The van der Waals surface area contributed by atoms with Crippen molar-refractivity contribution in [1.29, 1.82) is 0 Å². The molecular formula is C35H44N3O5+. The number of carbonyl (C=O) groups is 2. The minimum atomic E-state index is -0.824. The summed E-state index contributed by atoms with van der Waals surface area (Å²) in [5.41, 5.74) is 4.95. The number of benzene rings is 2. The van der Waals surface area contributed by atoms with Crippen LogP contribution in [0.3, 0.4) is 0 Å². The lowest BCUT2D eigenvalue weighted by molar-refractivity contribution is -0.670. The SMILES string of the molecule is CCCCN(C(=O)CN1C[C@H](c2ccc3c(c2)CCO3)[C@@H](C(=O)O)[C@@H]1CCCc1ccccc1CO)c1ccc[n+](C)c1. The van der Waals surface area contributed by atoms with Gasteiger partial charge in [-0.1, -0.05) is 49.7 Å². The number of aliphatic hydroxyl groups excluding tert-OH is 1. The predicted octanol–water partition coefficient (Wildman–Crippen LogP) is 4.26. The van der Waals surface area contributed by atoms with Crippen LogP contribution < -0.4 is 14.2 Å². The van der Waals surface area contributed by atoms with Crippen LogP contribution in [0.1, 0.15) is 60.8 Å². The number of hydrogen-bond donors (Lipinski definition) is 2. The van der Waals surface area contributed by atoms with Crippen LogP contribution in [0.5, 0.6) is 5.75 Å². The quantitative estimate of drug-likeness (QED) is 0.291. The van der Waals surface area contributed by atoms with Crippen LogP contribution in [0.25, 0.3) is 0 Å². The molecule has 1 saturated heterocycles. The number of aromatic nitrogens is 1. The van der Waals surface area contributed by atoms with Gasteiger partial charge in [0.15, 0.2) is 12.4 Å². The van der Waals surface area contributed by atoms with Crippen LogP contribution in [-0.4, -0.2) is 59.3 Å². The summed E-state index contributed by atoms with van der Waals surface area (Å²) in [4.78, 5) is 30.9. The summed E-state index contributed by atoms with van der Waals surface area (Å²) in [5, 5.41) is 20.4. The Bertz CT molecular complexity index is 1430. The van der Waals surface area contributed by atoms with Crippen molar-refractivity contribution in [2.45, 2.75) is 64.0 Å². The first-order valence-corrected chi connectivity index (χ1v) is 15.5. The minimum Gasteiger partial charge on any atom is -0.493 e. The molecule has 5 rings (SSSR count). The van der Waals surface area contributed by atoms with Gasteiger partial charge in [0.1, 0.15) is 18.5 Å². The molecule has 2 aromatic carbocycles. The van der Waals surface area contributed by atoms with Crippen molar-refractivity contribution in [3.8, 4) is 5.75 Å². The fourth-order valence-electron chi connectivity index (χ4n) is 6.79. The van der Waals surface area contributed by atoms with Crippen LogP contribution >= 0.6 is 0 Å². The summed E-state index contributed by atoms with van der Waals surface area (Å²) in [5.74, 6) is -0.829. The largest absolute Gasteiger partial charge is 0.493 e. The monoisotopic (exact) mass is 586 g/mol. The molecule has 3 aromatic rings. The number of rotatable bonds is 13. The lowest BCUT2D eigenvalue weighted by atomic mass is 9.83. The van der Waals surface area contributed by atoms with Crippen LogP contribution in [-0.2, 0) is 36.1 Å². The van der Waals surface area contributed by atoms with Gasteiger partial charge < -0.3 is 19.8 Å². The zero-order valence-electron chi connectivity index (χ0n) is 25.3. The smallest absolute Gasteiger partial charge is 0.308 e. The normalized spacial score (nSPS) is 19.7. The Hall–Kier alpha value is -3.75. The molecule has 0 radical (unpaired) electrons. The van der Waals surface area contributed by atoms with Crippen LogP contribution in [0.15, 0.2) is 67.0 Å². The second-order valence-electron chi connectivity index (χ2n) is 11.9. The number of carboxylic acids is 1. The number of amides is 1. The average molecular weight is 587 g/mol. The first kappa shape index (κ1) is 30.7. The van der Waals surface area contributed by atoms with Gasteiger partial charge in [0.2, 0.25) is 5.91 Å². The molecule has 8 heteroatoms. The molecule has 2 aliphatic rings. The Morgan fingerprint density at radius 1 is 1.09 bits per heavy atom. The van der Waals surface area contributed by atoms with E-state index in [4.69, 9.17) is 4.74 Å². The van der Waals surface area contributed by atoms with Crippen LogP contribution in [0.4, 0.5) is 5.69 Å². The molecule has 0 unspecified atom stereocenters. The van der Waals surface area contributed by atoms with Gasteiger partial charge in [0.25, 0.3) is 0 Å². The molecule has 8 nitrogen and oxygen atoms in total. The first-order valence-electron chi connectivity index (χ1n) is 15.5. The highest BCUT2D eigenvalue weighted by Gasteiger charge is 2.47.